The zero-order valence-electron chi connectivity index (χ0n) is 14.6. The van der Waals surface area contributed by atoms with Crippen molar-refractivity contribution in [3.63, 3.8) is 0 Å². The molecule has 0 bridgehead atoms. The number of para-hydroxylation sites is 2. The van der Waals surface area contributed by atoms with Crippen molar-refractivity contribution in [2.75, 3.05) is 0 Å². The molecule has 3 aromatic rings. The number of carbonyl (C=O) groups excluding carboxylic acids is 1. The van der Waals surface area contributed by atoms with E-state index in [-0.39, 0.29) is 11.9 Å². The van der Waals surface area contributed by atoms with Crippen LogP contribution in [-0.2, 0) is 4.79 Å². The fraction of sp³-hybridized carbons (Fsp3) is 0.238. The van der Waals surface area contributed by atoms with E-state index in [2.05, 4.69) is 29.1 Å². The summed E-state index contributed by atoms with van der Waals surface area (Å²) >= 11 is 0. The van der Waals surface area contributed by atoms with E-state index in [4.69, 9.17) is 0 Å². The number of nitrogens with zero attached hydrogens (tertiary/aromatic N) is 1. The molecule has 1 heterocycles. The highest BCUT2D eigenvalue weighted by atomic mass is 16.1. The van der Waals surface area contributed by atoms with Gasteiger partial charge in [0.15, 0.2) is 0 Å². The van der Waals surface area contributed by atoms with E-state index in [0.717, 1.165) is 28.8 Å². The predicted octanol–water partition coefficient (Wildman–Crippen LogP) is 4.48. The molecule has 128 valence electrons. The molecule has 0 saturated heterocycles. The minimum Gasteiger partial charge on any atom is -0.343 e. The van der Waals surface area contributed by atoms with Gasteiger partial charge < -0.3 is 10.3 Å². The summed E-state index contributed by atoms with van der Waals surface area (Å²) < 4.78 is 0. The van der Waals surface area contributed by atoms with Gasteiger partial charge in [-0.1, -0.05) is 56.3 Å². The molecule has 1 aromatic heterocycles. The van der Waals surface area contributed by atoms with E-state index in [9.17, 15) is 4.79 Å². The molecule has 0 aliphatic heterocycles. The summed E-state index contributed by atoms with van der Waals surface area (Å²) in [7, 11) is 0. The zero-order valence-corrected chi connectivity index (χ0v) is 14.6. The molecule has 4 nitrogen and oxygen atoms in total. The molecule has 3 rings (SSSR count). The van der Waals surface area contributed by atoms with Crippen LogP contribution in [0.15, 0.2) is 60.7 Å². The van der Waals surface area contributed by atoms with Gasteiger partial charge in [0.25, 0.3) is 0 Å². The first kappa shape index (κ1) is 17.0. The SMILES string of the molecule is CC(C)C[C@H](NC(=O)/C=C\c1ccccc1)c1nc2ccccc2[nH]1. The lowest BCUT2D eigenvalue weighted by Crippen LogP contribution is -2.28. The largest absolute Gasteiger partial charge is 0.343 e. The third-order valence-electron chi connectivity index (χ3n) is 3.99. The van der Waals surface area contributed by atoms with Gasteiger partial charge in [0, 0.05) is 6.08 Å². The average molecular weight is 333 g/mol. The first-order chi connectivity index (χ1) is 12.1. The molecule has 2 aromatic carbocycles. The monoisotopic (exact) mass is 333 g/mol. The fourth-order valence-corrected chi connectivity index (χ4v) is 2.80. The Hall–Kier alpha value is -2.88. The van der Waals surface area contributed by atoms with Gasteiger partial charge in [-0.3, -0.25) is 4.79 Å². The van der Waals surface area contributed by atoms with Gasteiger partial charge in [-0.15, -0.1) is 0 Å². The Balaban J connectivity index is 1.76. The van der Waals surface area contributed by atoms with Crippen LogP contribution in [0.25, 0.3) is 17.1 Å². The summed E-state index contributed by atoms with van der Waals surface area (Å²) in [6.07, 6.45) is 4.22. The molecule has 0 fully saturated rings. The molecule has 2 N–H and O–H groups in total. The first-order valence-electron chi connectivity index (χ1n) is 8.60. The van der Waals surface area contributed by atoms with Crippen molar-refractivity contribution >= 4 is 23.0 Å². The number of fused-ring (bicyclic) bond motifs is 1. The minimum absolute atomic E-state index is 0.116. The molecule has 1 amide bonds. The van der Waals surface area contributed by atoms with Crippen LogP contribution in [-0.4, -0.2) is 15.9 Å². The van der Waals surface area contributed by atoms with E-state index >= 15 is 0 Å². The number of hydrogen-bond acceptors (Lipinski definition) is 2. The topological polar surface area (TPSA) is 57.8 Å². The molecule has 0 aliphatic carbocycles. The fourth-order valence-electron chi connectivity index (χ4n) is 2.80. The van der Waals surface area contributed by atoms with Crippen molar-refractivity contribution in [2.45, 2.75) is 26.3 Å². The Morgan fingerprint density at radius 2 is 1.84 bits per heavy atom. The second kappa shape index (κ2) is 7.79. The summed E-state index contributed by atoms with van der Waals surface area (Å²) in [6, 6.07) is 17.6. The maximum Gasteiger partial charge on any atom is 0.244 e. The van der Waals surface area contributed by atoms with Gasteiger partial charge in [-0.2, -0.15) is 0 Å². The van der Waals surface area contributed by atoms with Gasteiger partial charge in [0.2, 0.25) is 5.91 Å². The highest BCUT2D eigenvalue weighted by molar-refractivity contribution is 5.92. The molecule has 0 aliphatic rings. The summed E-state index contributed by atoms with van der Waals surface area (Å²) in [5.41, 5.74) is 2.91. The maximum atomic E-state index is 12.4. The van der Waals surface area contributed by atoms with Crippen LogP contribution >= 0.6 is 0 Å². The summed E-state index contributed by atoms with van der Waals surface area (Å²) in [4.78, 5) is 20.3. The number of amides is 1. The summed E-state index contributed by atoms with van der Waals surface area (Å²) in [5, 5.41) is 3.08. The second-order valence-electron chi connectivity index (χ2n) is 6.57. The molecule has 1 atom stereocenters. The number of hydrogen-bond donors (Lipinski definition) is 2. The predicted molar refractivity (Wildman–Crippen MR) is 102 cm³/mol. The van der Waals surface area contributed by atoms with E-state index in [1.807, 2.05) is 60.7 Å². The number of aromatic nitrogens is 2. The lowest BCUT2D eigenvalue weighted by molar-refractivity contribution is -0.117. The van der Waals surface area contributed by atoms with Gasteiger partial charge >= 0.3 is 0 Å². The normalized spacial score (nSPS) is 12.8. The van der Waals surface area contributed by atoms with Gasteiger partial charge in [0.1, 0.15) is 5.82 Å². The molecule has 0 radical (unpaired) electrons. The smallest absolute Gasteiger partial charge is 0.244 e. The van der Waals surface area contributed by atoms with Crippen molar-refractivity contribution in [1.29, 1.82) is 0 Å². The quantitative estimate of drug-likeness (QED) is 0.653. The van der Waals surface area contributed by atoms with Gasteiger partial charge in [0.05, 0.1) is 17.1 Å². The van der Waals surface area contributed by atoms with Crippen LogP contribution < -0.4 is 5.32 Å². The number of imidazole rings is 1. The standard InChI is InChI=1S/C21H23N3O/c1-15(2)14-19(21-23-17-10-6-7-11-18(17)24-21)22-20(25)13-12-16-8-4-3-5-9-16/h3-13,15,19H,14H2,1-2H3,(H,22,25)(H,23,24)/b13-12-/t19-/m0/s1. The van der Waals surface area contributed by atoms with Crippen molar-refractivity contribution < 1.29 is 4.79 Å². The Kier molecular flexibility index (Phi) is 5.29. The molecule has 4 heteroatoms. The number of H-pyrrole nitrogens is 1. The molecule has 0 unspecified atom stereocenters. The van der Waals surface area contributed by atoms with Crippen LogP contribution in [0, 0.1) is 5.92 Å². The Bertz CT molecular complexity index is 832. The number of nitrogens with one attached hydrogen (secondary N) is 2. The minimum atomic E-state index is -0.139. The lowest BCUT2D eigenvalue weighted by atomic mass is 10.0. The highest BCUT2D eigenvalue weighted by Gasteiger charge is 2.18. The third kappa shape index (κ3) is 4.57. The van der Waals surface area contributed by atoms with E-state index in [0.29, 0.717) is 5.92 Å². The van der Waals surface area contributed by atoms with Crippen LogP contribution in [0.5, 0.6) is 0 Å². The lowest BCUT2D eigenvalue weighted by Gasteiger charge is -2.17. The molecular weight excluding hydrogens is 310 g/mol. The van der Waals surface area contributed by atoms with Crippen molar-refractivity contribution in [1.82, 2.24) is 15.3 Å². The van der Waals surface area contributed by atoms with Crippen molar-refractivity contribution in [2.24, 2.45) is 5.92 Å². The second-order valence-corrected chi connectivity index (χ2v) is 6.57. The number of benzene rings is 2. The Morgan fingerprint density at radius 1 is 1.12 bits per heavy atom. The maximum absolute atomic E-state index is 12.4. The molecule has 0 spiro atoms. The Morgan fingerprint density at radius 3 is 2.56 bits per heavy atom. The van der Waals surface area contributed by atoms with Gasteiger partial charge in [-0.05, 0) is 36.1 Å². The molecule has 0 saturated carbocycles. The molecule has 25 heavy (non-hydrogen) atoms. The van der Waals surface area contributed by atoms with E-state index < -0.39 is 0 Å². The van der Waals surface area contributed by atoms with Crippen molar-refractivity contribution in [3.8, 4) is 0 Å². The highest BCUT2D eigenvalue weighted by Crippen LogP contribution is 2.22. The number of aromatic amines is 1. The van der Waals surface area contributed by atoms with Crippen molar-refractivity contribution in [3.05, 3.63) is 72.1 Å². The van der Waals surface area contributed by atoms with E-state index in [1.54, 1.807) is 6.08 Å². The average Bonchev–Trinajstić information content (AvgIpc) is 3.04. The van der Waals surface area contributed by atoms with Crippen LogP contribution in [0.2, 0.25) is 0 Å². The zero-order chi connectivity index (χ0) is 17.6. The third-order valence-corrected chi connectivity index (χ3v) is 3.99. The van der Waals surface area contributed by atoms with E-state index in [1.165, 1.54) is 0 Å². The summed E-state index contributed by atoms with van der Waals surface area (Å²) in [6.45, 7) is 4.28. The number of rotatable bonds is 6. The summed E-state index contributed by atoms with van der Waals surface area (Å²) in [5.74, 6) is 1.13. The van der Waals surface area contributed by atoms with Crippen LogP contribution in [0.4, 0.5) is 0 Å². The molecular formula is C21H23N3O. The van der Waals surface area contributed by atoms with Gasteiger partial charge in [-0.25, -0.2) is 4.98 Å². The Labute approximate surface area is 148 Å². The van der Waals surface area contributed by atoms with Crippen LogP contribution in [0.1, 0.15) is 37.7 Å². The van der Waals surface area contributed by atoms with Crippen LogP contribution in [0.3, 0.4) is 0 Å². The number of carbonyl (C=O) groups is 1. The first-order valence-corrected chi connectivity index (χ1v) is 8.60.